The zero-order valence-electron chi connectivity index (χ0n) is 14.9. The zero-order valence-corrected chi connectivity index (χ0v) is 18.9. The van der Waals surface area contributed by atoms with Gasteiger partial charge in [-0.2, -0.15) is 5.10 Å². The normalized spacial score (nSPS) is 11.2. The summed E-state index contributed by atoms with van der Waals surface area (Å²) in [7, 11) is 0. The molecule has 3 aromatic rings. The van der Waals surface area contributed by atoms with Crippen molar-refractivity contribution in [1.29, 1.82) is 0 Å². The molecule has 0 fully saturated rings. The van der Waals surface area contributed by atoms with Gasteiger partial charge in [0.2, 0.25) is 0 Å². The summed E-state index contributed by atoms with van der Waals surface area (Å²) < 4.78 is 1.64. The van der Waals surface area contributed by atoms with Gasteiger partial charge in [-0.25, -0.2) is 0 Å². The van der Waals surface area contributed by atoms with E-state index in [2.05, 4.69) is 42.4 Å². The molecule has 29 heavy (non-hydrogen) atoms. The lowest BCUT2D eigenvalue weighted by atomic mass is 9.96. The second kappa shape index (κ2) is 9.30. The third kappa shape index (κ3) is 5.50. The Labute approximate surface area is 189 Å². The molecule has 5 nitrogen and oxygen atoms in total. The van der Waals surface area contributed by atoms with Crippen LogP contribution in [0.25, 0.3) is 0 Å². The summed E-state index contributed by atoms with van der Waals surface area (Å²) in [5.41, 5.74) is 10.7. The van der Waals surface area contributed by atoms with Gasteiger partial charge in [0.25, 0.3) is 0 Å². The minimum absolute atomic E-state index is 0.00286. The van der Waals surface area contributed by atoms with E-state index in [1.807, 2.05) is 30.3 Å². The Bertz CT molecular complexity index is 1130. The molecule has 0 heterocycles. The van der Waals surface area contributed by atoms with Crippen molar-refractivity contribution in [3.8, 4) is 5.75 Å². The molecule has 0 amide bonds. The van der Waals surface area contributed by atoms with E-state index in [1.54, 1.807) is 24.3 Å². The molecule has 3 aromatic carbocycles. The van der Waals surface area contributed by atoms with Gasteiger partial charge in [0.15, 0.2) is 10.9 Å². The van der Waals surface area contributed by atoms with Crippen LogP contribution in [0, 0.1) is 0 Å². The number of carbonyl (C=O) groups excluding carboxylic acids is 1. The molecule has 146 valence electrons. The van der Waals surface area contributed by atoms with Gasteiger partial charge in [0.05, 0.1) is 5.71 Å². The van der Waals surface area contributed by atoms with Crippen LogP contribution in [0.5, 0.6) is 5.75 Å². The number of nitrogens with one attached hydrogen (secondary N) is 1. The highest BCUT2D eigenvalue weighted by Crippen LogP contribution is 2.24. The standard InChI is InChI=1S/C21H15Br2N3O2S/c22-16-5-1-3-12(8-16)19(25-26-21(24)29)14-7-15(11-18(27)10-14)20(28)13-4-2-6-17(23)9-13/h1-11,27H,(H3,24,26,29)/b25-19+. The van der Waals surface area contributed by atoms with E-state index >= 15 is 0 Å². The third-order valence-electron chi connectivity index (χ3n) is 3.92. The number of carbonyl (C=O) groups is 1. The highest BCUT2D eigenvalue weighted by molar-refractivity contribution is 9.10. The Morgan fingerprint density at radius 1 is 0.897 bits per heavy atom. The molecular formula is C21H15Br2N3O2S. The number of ketones is 1. The number of hydrazone groups is 1. The van der Waals surface area contributed by atoms with Crippen molar-refractivity contribution < 1.29 is 9.90 Å². The largest absolute Gasteiger partial charge is 0.508 e. The van der Waals surface area contributed by atoms with Crippen molar-refractivity contribution in [2.45, 2.75) is 0 Å². The van der Waals surface area contributed by atoms with Crippen LogP contribution in [0.1, 0.15) is 27.0 Å². The van der Waals surface area contributed by atoms with Crippen LogP contribution in [0.3, 0.4) is 0 Å². The molecule has 0 aromatic heterocycles. The number of aromatic hydroxyl groups is 1. The van der Waals surface area contributed by atoms with Gasteiger partial charge in [-0.1, -0.05) is 56.1 Å². The first-order chi connectivity index (χ1) is 13.8. The molecule has 0 aliphatic rings. The van der Waals surface area contributed by atoms with Crippen LogP contribution in [-0.2, 0) is 0 Å². The molecular weight excluding hydrogens is 518 g/mol. The number of thiocarbonyl (C=S) groups is 1. The van der Waals surface area contributed by atoms with Gasteiger partial charge in [0, 0.05) is 31.2 Å². The fourth-order valence-corrected chi connectivity index (χ4v) is 3.56. The Morgan fingerprint density at radius 2 is 1.48 bits per heavy atom. The average molecular weight is 533 g/mol. The maximum atomic E-state index is 12.9. The van der Waals surface area contributed by atoms with Crippen molar-refractivity contribution in [2.24, 2.45) is 10.8 Å². The Kier molecular flexibility index (Phi) is 6.79. The number of rotatable bonds is 5. The fourth-order valence-electron chi connectivity index (χ4n) is 2.72. The fraction of sp³-hybridized carbons (Fsp3) is 0. The lowest BCUT2D eigenvalue weighted by Crippen LogP contribution is -2.26. The number of hydrogen-bond donors (Lipinski definition) is 3. The van der Waals surface area contributed by atoms with E-state index < -0.39 is 0 Å². The monoisotopic (exact) mass is 531 g/mol. The van der Waals surface area contributed by atoms with Gasteiger partial charge in [-0.05, 0) is 54.7 Å². The minimum atomic E-state index is -0.223. The number of hydrogen-bond acceptors (Lipinski definition) is 4. The molecule has 0 saturated heterocycles. The molecule has 0 unspecified atom stereocenters. The molecule has 0 aliphatic heterocycles. The molecule has 3 rings (SSSR count). The molecule has 0 bridgehead atoms. The second-order valence-electron chi connectivity index (χ2n) is 6.05. The van der Waals surface area contributed by atoms with Crippen molar-refractivity contribution in [3.05, 3.63) is 97.9 Å². The van der Waals surface area contributed by atoms with Crippen LogP contribution in [0.4, 0.5) is 0 Å². The van der Waals surface area contributed by atoms with Crippen molar-refractivity contribution in [3.63, 3.8) is 0 Å². The van der Waals surface area contributed by atoms with Gasteiger partial charge in [-0.15, -0.1) is 0 Å². The van der Waals surface area contributed by atoms with E-state index in [4.69, 9.17) is 18.0 Å². The predicted molar refractivity (Wildman–Crippen MR) is 125 cm³/mol. The average Bonchev–Trinajstić information content (AvgIpc) is 2.67. The molecule has 8 heteroatoms. The Balaban J connectivity index is 2.10. The minimum Gasteiger partial charge on any atom is -0.508 e. The smallest absolute Gasteiger partial charge is 0.193 e. The second-order valence-corrected chi connectivity index (χ2v) is 8.33. The quantitative estimate of drug-likeness (QED) is 0.191. The summed E-state index contributed by atoms with van der Waals surface area (Å²) >= 11 is 11.7. The van der Waals surface area contributed by atoms with Crippen LogP contribution >= 0.6 is 44.1 Å². The zero-order chi connectivity index (χ0) is 21.0. The molecule has 4 N–H and O–H groups in total. The summed E-state index contributed by atoms with van der Waals surface area (Å²) in [6.07, 6.45) is 0. The molecule has 0 atom stereocenters. The van der Waals surface area contributed by atoms with Crippen molar-refractivity contribution in [1.82, 2.24) is 5.43 Å². The Morgan fingerprint density at radius 3 is 2.10 bits per heavy atom. The van der Waals surface area contributed by atoms with Gasteiger partial charge >= 0.3 is 0 Å². The summed E-state index contributed by atoms with van der Waals surface area (Å²) in [4.78, 5) is 12.9. The SMILES string of the molecule is NC(=S)N/N=C(\c1cccc(Br)c1)c1cc(O)cc(C(=O)c2cccc(Br)c2)c1. The molecule has 0 aliphatic carbocycles. The van der Waals surface area contributed by atoms with Gasteiger partial charge in [-0.3, -0.25) is 10.2 Å². The van der Waals surface area contributed by atoms with Crippen LogP contribution in [0.2, 0.25) is 0 Å². The summed E-state index contributed by atoms with van der Waals surface area (Å²) in [5.74, 6) is -0.279. The summed E-state index contributed by atoms with van der Waals surface area (Å²) in [5, 5.41) is 14.6. The number of halogens is 2. The maximum absolute atomic E-state index is 12.9. The van der Waals surface area contributed by atoms with Gasteiger partial charge in [0.1, 0.15) is 5.75 Å². The number of phenolic OH excluding ortho intramolecular Hbond substituents is 1. The van der Waals surface area contributed by atoms with E-state index in [-0.39, 0.29) is 16.6 Å². The topological polar surface area (TPSA) is 87.7 Å². The molecule has 0 radical (unpaired) electrons. The predicted octanol–water partition coefficient (Wildman–Crippen LogP) is 4.73. The van der Waals surface area contributed by atoms with Crippen LogP contribution in [0.15, 0.2) is 80.8 Å². The highest BCUT2D eigenvalue weighted by atomic mass is 79.9. The number of nitrogens with zero attached hydrogens (tertiary/aromatic N) is 1. The Hall–Kier alpha value is -2.55. The first-order valence-corrected chi connectivity index (χ1v) is 10.4. The molecule has 0 spiro atoms. The highest BCUT2D eigenvalue weighted by Gasteiger charge is 2.16. The lowest BCUT2D eigenvalue weighted by molar-refractivity contribution is 0.103. The van der Waals surface area contributed by atoms with Crippen LogP contribution < -0.4 is 11.2 Å². The van der Waals surface area contributed by atoms with E-state index in [0.717, 1.165) is 14.5 Å². The van der Waals surface area contributed by atoms with Gasteiger partial charge < -0.3 is 10.8 Å². The number of phenols is 1. The third-order valence-corrected chi connectivity index (χ3v) is 4.99. The van der Waals surface area contributed by atoms with Crippen molar-refractivity contribution in [2.75, 3.05) is 0 Å². The van der Waals surface area contributed by atoms with Crippen LogP contribution in [-0.4, -0.2) is 21.7 Å². The summed E-state index contributed by atoms with van der Waals surface area (Å²) in [6.45, 7) is 0. The van der Waals surface area contributed by atoms with E-state index in [9.17, 15) is 9.90 Å². The molecule has 0 saturated carbocycles. The van der Waals surface area contributed by atoms with Crippen molar-refractivity contribution >= 4 is 60.7 Å². The number of benzene rings is 3. The van der Waals surface area contributed by atoms with E-state index in [1.165, 1.54) is 12.1 Å². The first-order valence-electron chi connectivity index (χ1n) is 8.37. The summed E-state index contributed by atoms with van der Waals surface area (Å²) in [6, 6.07) is 19.1. The first kappa shape index (κ1) is 21.2. The van der Waals surface area contributed by atoms with E-state index in [0.29, 0.717) is 22.4 Å². The number of nitrogens with two attached hydrogens (primary N) is 1. The lowest BCUT2D eigenvalue weighted by Gasteiger charge is -2.11. The maximum Gasteiger partial charge on any atom is 0.193 e.